The van der Waals surface area contributed by atoms with Crippen molar-refractivity contribution in [2.24, 2.45) is 0 Å². The third kappa shape index (κ3) is 3.34. The lowest BCUT2D eigenvalue weighted by molar-refractivity contribution is 0.260. The van der Waals surface area contributed by atoms with Crippen LogP contribution in [0.1, 0.15) is 0 Å². The Balaban J connectivity index is 2.25. The number of pyridine rings is 1. The largest absolute Gasteiger partial charge is 0.491 e. The van der Waals surface area contributed by atoms with Gasteiger partial charge >= 0.3 is 0 Å². The van der Waals surface area contributed by atoms with Gasteiger partial charge in [0.05, 0.1) is 6.20 Å². The lowest BCUT2D eigenvalue weighted by atomic mass is 10.5. The predicted molar refractivity (Wildman–Crippen MR) is 48.3 cm³/mol. The lowest BCUT2D eigenvalue weighted by Gasteiger charge is -2.10. The van der Waals surface area contributed by atoms with Crippen molar-refractivity contribution >= 4 is 0 Å². The molecule has 0 saturated heterocycles. The highest BCUT2D eigenvalue weighted by molar-refractivity contribution is 5.15. The van der Waals surface area contributed by atoms with Crippen LogP contribution in [0.15, 0.2) is 24.5 Å². The van der Waals surface area contributed by atoms with Crippen LogP contribution in [0.2, 0.25) is 0 Å². The van der Waals surface area contributed by atoms with Crippen LogP contribution in [-0.4, -0.2) is 37.1 Å². The zero-order chi connectivity index (χ0) is 8.81. The second-order valence-corrected chi connectivity index (χ2v) is 2.84. The molecule has 0 aliphatic heterocycles. The number of nitrogens with zero attached hydrogens (tertiary/aromatic N) is 2. The van der Waals surface area contributed by atoms with Crippen LogP contribution in [0.3, 0.4) is 0 Å². The lowest BCUT2D eigenvalue weighted by Crippen LogP contribution is -2.19. The monoisotopic (exact) mass is 166 g/mol. The number of hydrogen-bond acceptors (Lipinski definition) is 3. The average molecular weight is 166 g/mol. The van der Waals surface area contributed by atoms with Gasteiger partial charge in [-0.25, -0.2) is 0 Å². The third-order valence-corrected chi connectivity index (χ3v) is 1.44. The molecule has 12 heavy (non-hydrogen) atoms. The molecule has 0 radical (unpaired) electrons. The highest BCUT2D eigenvalue weighted by atomic mass is 16.5. The van der Waals surface area contributed by atoms with E-state index in [1.807, 2.05) is 26.2 Å². The van der Waals surface area contributed by atoms with E-state index in [0.717, 1.165) is 12.3 Å². The van der Waals surface area contributed by atoms with Crippen LogP contribution in [0.4, 0.5) is 0 Å². The Morgan fingerprint density at radius 3 is 2.92 bits per heavy atom. The van der Waals surface area contributed by atoms with E-state index in [4.69, 9.17) is 4.74 Å². The highest BCUT2D eigenvalue weighted by Gasteiger charge is 1.92. The summed E-state index contributed by atoms with van der Waals surface area (Å²) in [6.07, 6.45) is 3.45. The SMILES string of the molecule is CN(C)CCOc1cccnc1. The molecule has 0 fully saturated rings. The van der Waals surface area contributed by atoms with Gasteiger partial charge in [0.2, 0.25) is 0 Å². The van der Waals surface area contributed by atoms with Gasteiger partial charge in [-0.15, -0.1) is 0 Å². The van der Waals surface area contributed by atoms with Gasteiger partial charge in [-0.3, -0.25) is 4.98 Å². The zero-order valence-electron chi connectivity index (χ0n) is 7.53. The molecule has 0 N–H and O–H groups in total. The second kappa shape index (κ2) is 4.72. The highest BCUT2D eigenvalue weighted by Crippen LogP contribution is 2.05. The molecular weight excluding hydrogens is 152 g/mol. The zero-order valence-corrected chi connectivity index (χ0v) is 7.53. The molecule has 0 bridgehead atoms. The fourth-order valence-electron chi connectivity index (χ4n) is 0.779. The van der Waals surface area contributed by atoms with Crippen molar-refractivity contribution < 1.29 is 4.74 Å². The van der Waals surface area contributed by atoms with Crippen LogP contribution in [0.5, 0.6) is 5.75 Å². The maximum atomic E-state index is 5.41. The van der Waals surface area contributed by atoms with Gasteiger partial charge in [0.25, 0.3) is 0 Å². The molecule has 3 heteroatoms. The van der Waals surface area contributed by atoms with E-state index in [0.29, 0.717) is 6.61 Å². The normalized spacial score (nSPS) is 10.2. The van der Waals surface area contributed by atoms with Crippen molar-refractivity contribution in [3.63, 3.8) is 0 Å². The van der Waals surface area contributed by atoms with Crippen molar-refractivity contribution in [1.29, 1.82) is 0 Å². The smallest absolute Gasteiger partial charge is 0.137 e. The molecule has 66 valence electrons. The summed E-state index contributed by atoms with van der Waals surface area (Å²) < 4.78 is 5.41. The molecule has 0 aromatic carbocycles. The Morgan fingerprint density at radius 2 is 2.33 bits per heavy atom. The van der Waals surface area contributed by atoms with Gasteiger partial charge < -0.3 is 9.64 Å². The van der Waals surface area contributed by atoms with Gasteiger partial charge in [-0.2, -0.15) is 0 Å². The summed E-state index contributed by atoms with van der Waals surface area (Å²) in [5.74, 6) is 0.833. The van der Waals surface area contributed by atoms with E-state index in [-0.39, 0.29) is 0 Å². The first-order chi connectivity index (χ1) is 5.79. The first-order valence-electron chi connectivity index (χ1n) is 3.96. The minimum atomic E-state index is 0.707. The van der Waals surface area contributed by atoms with Crippen molar-refractivity contribution in [3.05, 3.63) is 24.5 Å². The Hall–Kier alpha value is -1.09. The standard InChI is InChI=1S/C9H14N2O/c1-11(2)6-7-12-9-4-3-5-10-8-9/h3-5,8H,6-7H2,1-2H3. The molecule has 3 nitrogen and oxygen atoms in total. The number of ether oxygens (including phenoxy) is 1. The quantitative estimate of drug-likeness (QED) is 0.667. The molecule has 0 amide bonds. The van der Waals surface area contributed by atoms with E-state index >= 15 is 0 Å². The van der Waals surface area contributed by atoms with Crippen molar-refractivity contribution in [3.8, 4) is 5.75 Å². The van der Waals surface area contributed by atoms with Crippen molar-refractivity contribution in [2.45, 2.75) is 0 Å². The number of rotatable bonds is 4. The summed E-state index contributed by atoms with van der Waals surface area (Å²) in [6, 6.07) is 3.77. The molecule has 1 aromatic heterocycles. The Kier molecular flexibility index (Phi) is 3.54. The topological polar surface area (TPSA) is 25.4 Å². The van der Waals surface area contributed by atoms with Gasteiger partial charge in [-0.05, 0) is 26.2 Å². The number of likely N-dealkylation sites (N-methyl/N-ethyl adjacent to an activating group) is 1. The molecule has 0 unspecified atom stereocenters. The van der Waals surface area contributed by atoms with Gasteiger partial charge in [0, 0.05) is 12.7 Å². The molecule has 0 aliphatic carbocycles. The fraction of sp³-hybridized carbons (Fsp3) is 0.444. The van der Waals surface area contributed by atoms with E-state index in [1.54, 1.807) is 12.4 Å². The van der Waals surface area contributed by atoms with Crippen LogP contribution >= 0.6 is 0 Å². The minimum Gasteiger partial charge on any atom is -0.491 e. The van der Waals surface area contributed by atoms with Crippen molar-refractivity contribution in [1.82, 2.24) is 9.88 Å². The molecule has 1 aromatic rings. The molecular formula is C9H14N2O. The van der Waals surface area contributed by atoms with E-state index in [9.17, 15) is 0 Å². The van der Waals surface area contributed by atoms with Crippen LogP contribution in [-0.2, 0) is 0 Å². The maximum Gasteiger partial charge on any atom is 0.137 e. The van der Waals surface area contributed by atoms with Crippen LogP contribution in [0.25, 0.3) is 0 Å². The number of hydrogen-bond donors (Lipinski definition) is 0. The molecule has 1 rings (SSSR count). The van der Waals surface area contributed by atoms with Gasteiger partial charge in [-0.1, -0.05) is 0 Å². The molecule has 0 atom stereocenters. The molecule has 0 spiro atoms. The predicted octanol–water partition coefficient (Wildman–Crippen LogP) is 1.02. The van der Waals surface area contributed by atoms with Crippen LogP contribution in [0, 0.1) is 0 Å². The second-order valence-electron chi connectivity index (χ2n) is 2.84. The summed E-state index contributed by atoms with van der Waals surface area (Å²) >= 11 is 0. The van der Waals surface area contributed by atoms with Gasteiger partial charge in [0.1, 0.15) is 12.4 Å². The Bertz CT molecular complexity index is 211. The molecule has 0 saturated carbocycles. The van der Waals surface area contributed by atoms with Gasteiger partial charge in [0.15, 0.2) is 0 Å². The molecule has 0 aliphatic rings. The summed E-state index contributed by atoms with van der Waals surface area (Å²) in [5, 5.41) is 0. The van der Waals surface area contributed by atoms with E-state index < -0.39 is 0 Å². The maximum absolute atomic E-state index is 5.41. The van der Waals surface area contributed by atoms with E-state index in [1.165, 1.54) is 0 Å². The van der Waals surface area contributed by atoms with E-state index in [2.05, 4.69) is 9.88 Å². The summed E-state index contributed by atoms with van der Waals surface area (Å²) in [6.45, 7) is 1.63. The summed E-state index contributed by atoms with van der Waals surface area (Å²) in [7, 11) is 4.04. The first kappa shape index (κ1) is 9.00. The summed E-state index contributed by atoms with van der Waals surface area (Å²) in [4.78, 5) is 6.02. The molecule has 1 heterocycles. The Morgan fingerprint density at radius 1 is 1.50 bits per heavy atom. The fourth-order valence-corrected chi connectivity index (χ4v) is 0.779. The Labute approximate surface area is 73.0 Å². The number of aromatic nitrogens is 1. The average Bonchev–Trinajstić information content (AvgIpc) is 2.05. The summed E-state index contributed by atoms with van der Waals surface area (Å²) in [5.41, 5.74) is 0. The van der Waals surface area contributed by atoms with Crippen LogP contribution < -0.4 is 4.74 Å². The first-order valence-corrected chi connectivity index (χ1v) is 3.96. The minimum absolute atomic E-state index is 0.707. The van der Waals surface area contributed by atoms with Crippen molar-refractivity contribution in [2.75, 3.05) is 27.2 Å². The third-order valence-electron chi connectivity index (χ3n) is 1.44.